The molecule has 0 bridgehead atoms. The van der Waals surface area contributed by atoms with E-state index >= 15 is 0 Å². The van der Waals surface area contributed by atoms with Crippen molar-refractivity contribution in [2.24, 2.45) is 11.8 Å². The van der Waals surface area contributed by atoms with Crippen LogP contribution in [-0.4, -0.2) is 24.1 Å². The van der Waals surface area contributed by atoms with Gasteiger partial charge in [-0.3, -0.25) is 4.79 Å². The second-order valence-corrected chi connectivity index (χ2v) is 5.15. The Morgan fingerprint density at radius 3 is 2.53 bits per heavy atom. The van der Waals surface area contributed by atoms with Crippen LogP contribution < -0.4 is 0 Å². The number of carbonyl (C=O) groups is 2. The molecule has 4 heteroatoms. The first kappa shape index (κ1) is 13.7. The lowest BCUT2D eigenvalue weighted by Crippen LogP contribution is -2.25. The van der Waals surface area contributed by atoms with Gasteiger partial charge < -0.3 is 9.47 Å². The summed E-state index contributed by atoms with van der Waals surface area (Å²) in [5.74, 6) is -0.521. The maximum atomic E-state index is 11.6. The standard InChI is InChI=1S/C13H20O4/c1-5-16-11(14)7-6-9-8-10(9)12(15)17-13(2,3)4/h6-7,9-10H,5,8H2,1-4H3/b7-6+. The Bertz CT molecular complexity index is 325. The summed E-state index contributed by atoms with van der Waals surface area (Å²) >= 11 is 0. The van der Waals surface area contributed by atoms with Gasteiger partial charge in [0, 0.05) is 6.08 Å². The third kappa shape index (κ3) is 5.02. The van der Waals surface area contributed by atoms with Gasteiger partial charge in [0.25, 0.3) is 0 Å². The third-order valence-electron chi connectivity index (χ3n) is 2.32. The van der Waals surface area contributed by atoms with Crippen molar-refractivity contribution in [1.82, 2.24) is 0 Å². The lowest BCUT2D eigenvalue weighted by Gasteiger charge is -2.19. The molecule has 2 unspecified atom stereocenters. The average molecular weight is 240 g/mol. The zero-order valence-electron chi connectivity index (χ0n) is 10.9. The van der Waals surface area contributed by atoms with Gasteiger partial charge in [-0.15, -0.1) is 0 Å². The first-order valence-electron chi connectivity index (χ1n) is 5.91. The minimum atomic E-state index is -0.449. The molecule has 1 aliphatic rings. The van der Waals surface area contributed by atoms with Crippen LogP contribution in [-0.2, 0) is 19.1 Å². The van der Waals surface area contributed by atoms with Gasteiger partial charge in [0.15, 0.2) is 0 Å². The highest BCUT2D eigenvalue weighted by atomic mass is 16.6. The number of esters is 2. The van der Waals surface area contributed by atoms with E-state index in [9.17, 15) is 9.59 Å². The van der Waals surface area contributed by atoms with Crippen molar-refractivity contribution in [1.29, 1.82) is 0 Å². The molecule has 4 nitrogen and oxygen atoms in total. The Kier molecular flexibility index (Phi) is 4.32. The smallest absolute Gasteiger partial charge is 0.330 e. The molecule has 0 aromatic carbocycles. The highest BCUT2D eigenvalue weighted by molar-refractivity contribution is 5.82. The van der Waals surface area contributed by atoms with Crippen LogP contribution in [0.15, 0.2) is 12.2 Å². The fraction of sp³-hybridized carbons (Fsp3) is 0.692. The molecular weight excluding hydrogens is 220 g/mol. The van der Waals surface area contributed by atoms with Crippen LogP contribution in [0, 0.1) is 11.8 Å². The summed E-state index contributed by atoms with van der Waals surface area (Å²) in [6, 6.07) is 0. The molecule has 0 heterocycles. The van der Waals surface area contributed by atoms with Crippen LogP contribution in [0.1, 0.15) is 34.1 Å². The van der Waals surface area contributed by atoms with E-state index in [4.69, 9.17) is 9.47 Å². The number of rotatable bonds is 4. The zero-order valence-corrected chi connectivity index (χ0v) is 10.9. The van der Waals surface area contributed by atoms with Crippen LogP contribution >= 0.6 is 0 Å². The molecule has 0 aliphatic heterocycles. The predicted octanol–water partition coefficient (Wildman–Crippen LogP) is 2.08. The first-order valence-corrected chi connectivity index (χ1v) is 5.91. The normalized spacial score (nSPS) is 23.5. The molecule has 0 spiro atoms. The van der Waals surface area contributed by atoms with E-state index in [0.717, 1.165) is 6.42 Å². The lowest BCUT2D eigenvalue weighted by molar-refractivity contribution is -0.156. The zero-order chi connectivity index (χ0) is 13.1. The Labute approximate surface area is 102 Å². The minimum absolute atomic E-state index is 0.0973. The Balaban J connectivity index is 2.34. The van der Waals surface area contributed by atoms with Crippen LogP contribution in [0.25, 0.3) is 0 Å². The molecule has 1 aliphatic carbocycles. The summed E-state index contributed by atoms with van der Waals surface area (Å²) in [6.45, 7) is 7.65. The molecule has 0 radical (unpaired) electrons. The second-order valence-electron chi connectivity index (χ2n) is 5.15. The van der Waals surface area contributed by atoms with E-state index in [1.807, 2.05) is 20.8 Å². The summed E-state index contributed by atoms with van der Waals surface area (Å²) in [5.41, 5.74) is -0.449. The van der Waals surface area contributed by atoms with Crippen molar-refractivity contribution in [3.8, 4) is 0 Å². The van der Waals surface area contributed by atoms with Crippen molar-refractivity contribution in [3.05, 3.63) is 12.2 Å². The second kappa shape index (κ2) is 5.34. The molecular formula is C13H20O4. The molecule has 0 N–H and O–H groups in total. The molecule has 17 heavy (non-hydrogen) atoms. The van der Waals surface area contributed by atoms with E-state index in [1.54, 1.807) is 13.0 Å². The number of carbonyl (C=O) groups excluding carboxylic acids is 2. The van der Waals surface area contributed by atoms with Crippen molar-refractivity contribution < 1.29 is 19.1 Å². The van der Waals surface area contributed by atoms with Gasteiger partial charge in [-0.05, 0) is 40.0 Å². The first-order chi connectivity index (χ1) is 7.83. The summed E-state index contributed by atoms with van der Waals surface area (Å²) in [6.07, 6.45) is 3.87. The highest BCUT2D eigenvalue weighted by Gasteiger charge is 2.43. The molecule has 0 aromatic heterocycles. The Morgan fingerprint density at radius 1 is 1.35 bits per heavy atom. The fourth-order valence-electron chi connectivity index (χ4n) is 1.47. The van der Waals surface area contributed by atoms with E-state index in [1.165, 1.54) is 6.08 Å². The van der Waals surface area contributed by atoms with E-state index in [2.05, 4.69) is 0 Å². The predicted molar refractivity (Wildman–Crippen MR) is 63.2 cm³/mol. The number of hydrogen-bond acceptors (Lipinski definition) is 4. The quantitative estimate of drug-likeness (QED) is 0.557. The molecule has 96 valence electrons. The SMILES string of the molecule is CCOC(=O)/C=C/C1CC1C(=O)OC(C)(C)C. The Morgan fingerprint density at radius 2 is 2.00 bits per heavy atom. The van der Waals surface area contributed by atoms with Gasteiger partial charge >= 0.3 is 11.9 Å². The summed E-state index contributed by atoms with van der Waals surface area (Å²) < 4.78 is 10.0. The maximum Gasteiger partial charge on any atom is 0.330 e. The van der Waals surface area contributed by atoms with Gasteiger partial charge in [-0.1, -0.05) is 6.08 Å². The van der Waals surface area contributed by atoms with Crippen LogP contribution in [0.3, 0.4) is 0 Å². The summed E-state index contributed by atoms with van der Waals surface area (Å²) in [5, 5.41) is 0. The van der Waals surface area contributed by atoms with E-state index < -0.39 is 5.60 Å². The van der Waals surface area contributed by atoms with Gasteiger partial charge in [0.05, 0.1) is 12.5 Å². The average Bonchev–Trinajstić information content (AvgIpc) is 2.91. The molecule has 2 atom stereocenters. The largest absolute Gasteiger partial charge is 0.463 e. The number of ether oxygens (including phenoxy) is 2. The summed E-state index contributed by atoms with van der Waals surface area (Å²) in [4.78, 5) is 22.7. The van der Waals surface area contributed by atoms with Gasteiger partial charge in [-0.2, -0.15) is 0 Å². The third-order valence-corrected chi connectivity index (χ3v) is 2.32. The topological polar surface area (TPSA) is 52.6 Å². The molecule has 0 aromatic rings. The maximum absolute atomic E-state index is 11.6. The lowest BCUT2D eigenvalue weighted by atomic mass is 10.2. The van der Waals surface area contributed by atoms with Crippen molar-refractivity contribution in [2.45, 2.75) is 39.7 Å². The number of hydrogen-bond donors (Lipinski definition) is 0. The van der Waals surface area contributed by atoms with E-state index in [-0.39, 0.29) is 23.8 Å². The number of allylic oxidation sites excluding steroid dienone is 1. The van der Waals surface area contributed by atoms with Crippen LogP contribution in [0.2, 0.25) is 0 Å². The molecule has 0 amide bonds. The monoisotopic (exact) mass is 240 g/mol. The van der Waals surface area contributed by atoms with Crippen LogP contribution in [0.4, 0.5) is 0 Å². The summed E-state index contributed by atoms with van der Waals surface area (Å²) in [7, 11) is 0. The van der Waals surface area contributed by atoms with Crippen molar-refractivity contribution in [2.75, 3.05) is 6.61 Å². The fourth-order valence-corrected chi connectivity index (χ4v) is 1.47. The van der Waals surface area contributed by atoms with Gasteiger partial charge in [0.2, 0.25) is 0 Å². The van der Waals surface area contributed by atoms with Crippen LogP contribution in [0.5, 0.6) is 0 Å². The van der Waals surface area contributed by atoms with Crippen molar-refractivity contribution >= 4 is 11.9 Å². The highest BCUT2D eigenvalue weighted by Crippen LogP contribution is 2.41. The molecule has 1 fully saturated rings. The molecule has 1 saturated carbocycles. The van der Waals surface area contributed by atoms with Gasteiger partial charge in [0.1, 0.15) is 5.60 Å². The van der Waals surface area contributed by atoms with Gasteiger partial charge in [-0.25, -0.2) is 4.79 Å². The van der Waals surface area contributed by atoms with E-state index in [0.29, 0.717) is 6.61 Å². The van der Waals surface area contributed by atoms with Crippen molar-refractivity contribution in [3.63, 3.8) is 0 Å². The molecule has 0 saturated heterocycles. The Hall–Kier alpha value is -1.32. The molecule has 1 rings (SSSR count). The minimum Gasteiger partial charge on any atom is -0.463 e.